The zero-order valence-electron chi connectivity index (χ0n) is 21.5. The zero-order valence-corrected chi connectivity index (χ0v) is 21.5. The number of benzene rings is 2. The van der Waals surface area contributed by atoms with E-state index in [1.54, 1.807) is 12.5 Å². The molecule has 1 unspecified atom stereocenters. The van der Waals surface area contributed by atoms with Gasteiger partial charge in [-0.1, -0.05) is 12.1 Å². The molecule has 0 spiro atoms. The largest absolute Gasteiger partial charge is 0.460 e. The van der Waals surface area contributed by atoms with Crippen molar-refractivity contribution in [2.45, 2.75) is 46.3 Å². The van der Waals surface area contributed by atoms with Crippen molar-refractivity contribution < 1.29 is 9.47 Å². The molecule has 1 atom stereocenters. The molecule has 0 saturated heterocycles. The maximum Gasteiger partial charge on any atom is 0.289 e. The van der Waals surface area contributed by atoms with Crippen LogP contribution < -0.4 is 15.4 Å². The fraction of sp³-hybridized carbons (Fsp3) is 0.310. The highest BCUT2D eigenvalue weighted by atomic mass is 16.5. The molecule has 1 aliphatic heterocycles. The summed E-state index contributed by atoms with van der Waals surface area (Å²) in [6, 6.07) is 16.9. The first kappa shape index (κ1) is 24.6. The summed E-state index contributed by atoms with van der Waals surface area (Å²) in [5.74, 6) is 1.61. The standard InChI is InChI=1S/C29H32N6O2/c1-19-13-22(7-11-28(19)37-24-9-6-20(2)31-16-24)5-4-12-30-17-27-25-14-23(8-10-26(25)33-18-34-27)35-29-32-15-21(3)36-29/h6-11,13-14,16,18,21,30H,4-5,12,15,17H2,1-3H3,(H,32,35). The quantitative estimate of drug-likeness (QED) is 0.302. The lowest BCUT2D eigenvalue weighted by molar-refractivity contribution is 0.245. The minimum Gasteiger partial charge on any atom is -0.460 e. The molecule has 2 aromatic heterocycles. The lowest BCUT2D eigenvalue weighted by atomic mass is 10.1. The van der Waals surface area contributed by atoms with Gasteiger partial charge in [-0.3, -0.25) is 4.98 Å². The first-order chi connectivity index (χ1) is 18.0. The van der Waals surface area contributed by atoms with Crippen LogP contribution in [0.4, 0.5) is 5.69 Å². The van der Waals surface area contributed by atoms with Crippen LogP contribution in [0.3, 0.4) is 0 Å². The Morgan fingerprint density at radius 2 is 1.95 bits per heavy atom. The van der Waals surface area contributed by atoms with Crippen molar-refractivity contribution in [1.29, 1.82) is 0 Å². The second-order valence-electron chi connectivity index (χ2n) is 9.37. The third kappa shape index (κ3) is 6.40. The number of rotatable bonds is 9. The minimum absolute atomic E-state index is 0.109. The molecule has 190 valence electrons. The number of nitrogens with one attached hydrogen (secondary N) is 2. The number of hydrogen-bond acceptors (Lipinski definition) is 8. The molecule has 0 saturated carbocycles. The number of amidine groups is 1. The van der Waals surface area contributed by atoms with Crippen LogP contribution in [0, 0.1) is 13.8 Å². The van der Waals surface area contributed by atoms with E-state index >= 15 is 0 Å². The van der Waals surface area contributed by atoms with Gasteiger partial charge >= 0.3 is 0 Å². The van der Waals surface area contributed by atoms with E-state index < -0.39 is 0 Å². The van der Waals surface area contributed by atoms with Gasteiger partial charge in [-0.25, -0.2) is 15.0 Å². The van der Waals surface area contributed by atoms with Gasteiger partial charge in [-0.2, -0.15) is 0 Å². The van der Waals surface area contributed by atoms with Gasteiger partial charge < -0.3 is 20.1 Å². The van der Waals surface area contributed by atoms with Crippen LogP contribution in [0.1, 0.15) is 35.9 Å². The van der Waals surface area contributed by atoms with E-state index in [9.17, 15) is 0 Å². The normalized spacial score (nSPS) is 14.9. The number of ether oxygens (including phenoxy) is 2. The van der Waals surface area contributed by atoms with Crippen molar-refractivity contribution in [2.24, 2.45) is 4.99 Å². The van der Waals surface area contributed by atoms with E-state index in [1.807, 2.05) is 44.2 Å². The van der Waals surface area contributed by atoms with E-state index in [4.69, 9.17) is 9.47 Å². The maximum atomic E-state index is 5.99. The van der Waals surface area contributed by atoms with Crippen molar-refractivity contribution in [3.05, 3.63) is 83.6 Å². The zero-order chi connectivity index (χ0) is 25.6. The smallest absolute Gasteiger partial charge is 0.289 e. The number of pyridine rings is 1. The third-order valence-corrected chi connectivity index (χ3v) is 6.24. The second kappa shape index (κ2) is 11.3. The highest BCUT2D eigenvalue weighted by Crippen LogP contribution is 2.26. The molecule has 0 fully saturated rings. The molecule has 2 aromatic carbocycles. The molecular weight excluding hydrogens is 464 g/mol. The van der Waals surface area contributed by atoms with Gasteiger partial charge in [0.2, 0.25) is 0 Å². The Hall–Kier alpha value is -4.04. The molecular formula is C29H32N6O2. The summed E-state index contributed by atoms with van der Waals surface area (Å²) in [7, 11) is 0. The van der Waals surface area contributed by atoms with Crippen molar-refractivity contribution >= 4 is 22.6 Å². The summed E-state index contributed by atoms with van der Waals surface area (Å²) in [6.07, 6.45) is 5.49. The average Bonchev–Trinajstić information content (AvgIpc) is 3.31. The molecule has 5 rings (SSSR count). The Morgan fingerprint density at radius 3 is 2.73 bits per heavy atom. The molecule has 3 heterocycles. The molecule has 0 aliphatic carbocycles. The number of hydrogen-bond donors (Lipinski definition) is 2. The van der Waals surface area contributed by atoms with Crippen LogP contribution in [-0.4, -0.2) is 40.2 Å². The van der Waals surface area contributed by atoms with Gasteiger partial charge in [0.25, 0.3) is 6.02 Å². The van der Waals surface area contributed by atoms with Gasteiger partial charge in [0, 0.05) is 23.3 Å². The highest BCUT2D eigenvalue weighted by molar-refractivity contribution is 5.93. The van der Waals surface area contributed by atoms with Gasteiger partial charge in [0.05, 0.1) is 24.0 Å². The minimum atomic E-state index is 0.109. The molecule has 37 heavy (non-hydrogen) atoms. The van der Waals surface area contributed by atoms with E-state index in [0.29, 0.717) is 19.1 Å². The van der Waals surface area contributed by atoms with Crippen LogP contribution >= 0.6 is 0 Å². The van der Waals surface area contributed by atoms with E-state index in [1.165, 1.54) is 5.56 Å². The first-order valence-electron chi connectivity index (χ1n) is 12.7. The molecule has 0 radical (unpaired) electrons. The highest BCUT2D eigenvalue weighted by Gasteiger charge is 2.15. The SMILES string of the molecule is Cc1ccc(Oc2ccc(CCCNCc3ncnc4ccc(NC5=NCC(C)O5)cc34)cc2C)cn1. The fourth-order valence-electron chi connectivity index (χ4n) is 4.25. The number of aliphatic imine (C=N–C) groups is 1. The predicted molar refractivity (Wildman–Crippen MR) is 146 cm³/mol. The summed E-state index contributed by atoms with van der Waals surface area (Å²) in [5.41, 5.74) is 6.19. The second-order valence-corrected chi connectivity index (χ2v) is 9.37. The monoisotopic (exact) mass is 496 g/mol. The lowest BCUT2D eigenvalue weighted by Gasteiger charge is -2.12. The van der Waals surface area contributed by atoms with Crippen molar-refractivity contribution in [2.75, 3.05) is 18.4 Å². The van der Waals surface area contributed by atoms with E-state index in [-0.39, 0.29) is 6.10 Å². The van der Waals surface area contributed by atoms with Crippen LogP contribution in [0.5, 0.6) is 11.5 Å². The number of aryl methyl sites for hydroxylation is 3. The fourth-order valence-corrected chi connectivity index (χ4v) is 4.25. The lowest BCUT2D eigenvalue weighted by Crippen LogP contribution is -2.17. The Balaban J connectivity index is 1.13. The number of anilines is 1. The molecule has 0 amide bonds. The Kier molecular flexibility index (Phi) is 7.56. The number of fused-ring (bicyclic) bond motifs is 1. The summed E-state index contributed by atoms with van der Waals surface area (Å²) in [4.78, 5) is 17.6. The van der Waals surface area contributed by atoms with Crippen molar-refractivity contribution in [1.82, 2.24) is 20.3 Å². The Labute approximate surface area is 217 Å². The summed E-state index contributed by atoms with van der Waals surface area (Å²) >= 11 is 0. The Morgan fingerprint density at radius 1 is 1.03 bits per heavy atom. The van der Waals surface area contributed by atoms with Gasteiger partial charge in [-0.05, 0) is 87.7 Å². The molecule has 8 nitrogen and oxygen atoms in total. The summed E-state index contributed by atoms with van der Waals surface area (Å²) in [5, 5.41) is 7.80. The van der Waals surface area contributed by atoms with Crippen molar-refractivity contribution in [3.63, 3.8) is 0 Å². The predicted octanol–water partition coefficient (Wildman–Crippen LogP) is 5.34. The maximum absolute atomic E-state index is 5.99. The molecule has 1 aliphatic rings. The van der Waals surface area contributed by atoms with Crippen LogP contribution in [0.15, 0.2) is 66.0 Å². The number of aromatic nitrogens is 3. The molecule has 0 bridgehead atoms. The topological polar surface area (TPSA) is 93.6 Å². The van der Waals surface area contributed by atoms with Gasteiger partial charge in [0.1, 0.15) is 23.9 Å². The summed E-state index contributed by atoms with van der Waals surface area (Å²) < 4.78 is 11.7. The number of nitrogens with zero attached hydrogens (tertiary/aromatic N) is 4. The first-order valence-corrected chi connectivity index (χ1v) is 12.7. The van der Waals surface area contributed by atoms with E-state index in [0.717, 1.165) is 64.4 Å². The molecule has 8 heteroatoms. The van der Waals surface area contributed by atoms with Gasteiger partial charge in [0.15, 0.2) is 0 Å². The molecule has 4 aromatic rings. The van der Waals surface area contributed by atoms with Crippen LogP contribution in [-0.2, 0) is 17.7 Å². The Bertz CT molecular complexity index is 1400. The molecule has 2 N–H and O–H groups in total. The average molecular weight is 497 g/mol. The van der Waals surface area contributed by atoms with Gasteiger partial charge in [-0.15, -0.1) is 0 Å². The van der Waals surface area contributed by atoms with E-state index in [2.05, 4.69) is 55.7 Å². The van der Waals surface area contributed by atoms with Crippen LogP contribution in [0.25, 0.3) is 10.9 Å². The summed E-state index contributed by atoms with van der Waals surface area (Å²) in [6.45, 7) is 8.29. The third-order valence-electron chi connectivity index (χ3n) is 6.24. The van der Waals surface area contributed by atoms with Crippen molar-refractivity contribution in [3.8, 4) is 11.5 Å². The van der Waals surface area contributed by atoms with Crippen LogP contribution in [0.2, 0.25) is 0 Å².